The van der Waals surface area contributed by atoms with Gasteiger partial charge in [-0.2, -0.15) is 0 Å². The Labute approximate surface area is 169 Å². The molecular weight excluding hydrogens is 398 g/mol. The summed E-state index contributed by atoms with van der Waals surface area (Å²) >= 11 is 1.44. The van der Waals surface area contributed by atoms with E-state index in [0.29, 0.717) is 16.6 Å². The van der Waals surface area contributed by atoms with Crippen LogP contribution < -0.4 is 21.1 Å². The van der Waals surface area contributed by atoms with Crippen molar-refractivity contribution in [1.82, 2.24) is 10.6 Å². The smallest absolute Gasteiger partial charge is 0.321 e. The zero-order chi connectivity index (χ0) is 20.6. The maximum atomic E-state index is 12.1. The first-order valence-corrected chi connectivity index (χ1v) is 11.2. The fourth-order valence-electron chi connectivity index (χ4n) is 2.42. The summed E-state index contributed by atoms with van der Waals surface area (Å²) in [5.41, 5.74) is 7.56. The van der Waals surface area contributed by atoms with Crippen LogP contribution in [0.4, 0.5) is 10.5 Å². The summed E-state index contributed by atoms with van der Waals surface area (Å²) in [6.45, 7) is 3.92. The Balaban J connectivity index is 1.91. The quantitative estimate of drug-likeness (QED) is 0.501. The summed E-state index contributed by atoms with van der Waals surface area (Å²) in [5.74, 6) is 0.693. The number of allylic oxidation sites excluding steroid dienone is 2. The second-order valence-corrected chi connectivity index (χ2v) is 8.66. The Bertz CT molecular complexity index is 923. The van der Waals surface area contributed by atoms with E-state index in [4.69, 9.17) is 5.73 Å². The Morgan fingerprint density at radius 1 is 1.46 bits per heavy atom. The summed E-state index contributed by atoms with van der Waals surface area (Å²) in [4.78, 5) is 16.6. The maximum Gasteiger partial charge on any atom is 0.321 e. The molecule has 1 aliphatic heterocycles. The van der Waals surface area contributed by atoms with Gasteiger partial charge in [-0.15, -0.1) is 0 Å². The number of urea groups is 1. The van der Waals surface area contributed by atoms with Gasteiger partial charge < -0.3 is 11.1 Å². The highest BCUT2D eigenvalue weighted by Crippen LogP contribution is 2.23. The van der Waals surface area contributed by atoms with E-state index < -0.39 is 16.1 Å². The van der Waals surface area contributed by atoms with Crippen LogP contribution in [0.3, 0.4) is 0 Å². The van der Waals surface area contributed by atoms with E-state index in [1.165, 1.54) is 18.0 Å². The van der Waals surface area contributed by atoms with Crippen molar-refractivity contribution in [3.63, 3.8) is 0 Å². The van der Waals surface area contributed by atoms with Gasteiger partial charge in [0.05, 0.1) is 12.3 Å². The Kier molecular flexibility index (Phi) is 7.70. The topological polar surface area (TPSA) is 126 Å². The molecule has 1 aliphatic rings. The van der Waals surface area contributed by atoms with E-state index in [1.807, 2.05) is 6.08 Å². The zero-order valence-corrected chi connectivity index (χ0v) is 17.0. The van der Waals surface area contributed by atoms with Crippen molar-refractivity contribution in [2.45, 2.75) is 12.6 Å². The average molecular weight is 422 g/mol. The van der Waals surface area contributed by atoms with Crippen molar-refractivity contribution < 1.29 is 13.2 Å². The molecule has 10 heteroatoms. The van der Waals surface area contributed by atoms with Crippen LogP contribution in [0.15, 0.2) is 65.8 Å². The number of nitrogens with zero attached hydrogens (tertiary/aromatic N) is 1. The molecule has 0 saturated carbocycles. The number of benzene rings is 1. The van der Waals surface area contributed by atoms with Gasteiger partial charge in [-0.05, 0) is 35.5 Å². The van der Waals surface area contributed by atoms with Crippen molar-refractivity contribution in [2.75, 3.05) is 16.7 Å². The number of anilines is 1. The van der Waals surface area contributed by atoms with Crippen molar-refractivity contribution in [1.29, 1.82) is 0 Å². The first-order chi connectivity index (χ1) is 13.3. The highest BCUT2D eigenvalue weighted by atomic mass is 32.2. The molecule has 0 spiro atoms. The van der Waals surface area contributed by atoms with E-state index in [2.05, 4.69) is 26.9 Å². The third-order valence-electron chi connectivity index (χ3n) is 3.54. The number of amides is 2. The largest absolute Gasteiger partial charge is 0.405 e. The van der Waals surface area contributed by atoms with Crippen LogP contribution in [0.2, 0.25) is 0 Å². The number of nitrogens with two attached hydrogens (primary N) is 1. The second-order valence-electron chi connectivity index (χ2n) is 5.90. The molecule has 150 valence electrons. The van der Waals surface area contributed by atoms with Crippen LogP contribution in [0.1, 0.15) is 5.56 Å². The molecule has 5 N–H and O–H groups in total. The number of nitrogens with one attached hydrogen (secondary N) is 3. The van der Waals surface area contributed by atoms with Gasteiger partial charge in [0.1, 0.15) is 0 Å². The molecule has 2 rings (SSSR count). The number of carbonyl (C=O) groups excluding carboxylic acids is 1. The Hall–Kier alpha value is -2.72. The minimum absolute atomic E-state index is 0.100. The molecule has 0 aromatic heterocycles. The molecule has 0 fully saturated rings. The lowest BCUT2D eigenvalue weighted by molar-refractivity contribution is 0.245. The lowest BCUT2D eigenvalue weighted by Crippen LogP contribution is -2.37. The van der Waals surface area contributed by atoms with Gasteiger partial charge in [-0.3, -0.25) is 15.0 Å². The SMILES string of the molecule is C=C/C=C(\C=C/N)C1CSC(NC(=O)NCc2cccc(NS(C)(=O)=O)c2)=N1. The summed E-state index contributed by atoms with van der Waals surface area (Å²) in [5, 5.41) is 5.96. The molecule has 2 amide bonds. The van der Waals surface area contributed by atoms with Crippen LogP contribution in [0.5, 0.6) is 0 Å². The zero-order valence-electron chi connectivity index (χ0n) is 15.4. The minimum atomic E-state index is -3.35. The average Bonchev–Trinajstić information content (AvgIpc) is 3.07. The first kappa shape index (κ1) is 21.6. The molecule has 8 nitrogen and oxygen atoms in total. The van der Waals surface area contributed by atoms with Gasteiger partial charge in [0.25, 0.3) is 0 Å². The van der Waals surface area contributed by atoms with Crippen molar-refractivity contribution >= 4 is 38.7 Å². The van der Waals surface area contributed by atoms with Crippen LogP contribution >= 0.6 is 11.8 Å². The highest BCUT2D eigenvalue weighted by Gasteiger charge is 2.21. The number of carbonyl (C=O) groups is 1. The number of amidine groups is 1. The molecular formula is C18H23N5O3S2. The maximum absolute atomic E-state index is 12.1. The number of hydrogen-bond donors (Lipinski definition) is 4. The minimum Gasteiger partial charge on any atom is -0.405 e. The summed E-state index contributed by atoms with van der Waals surface area (Å²) in [6.07, 6.45) is 7.79. The van der Waals surface area contributed by atoms with Crippen molar-refractivity contribution in [2.24, 2.45) is 10.7 Å². The standard InChI is InChI=1S/C18H23N5O3S2/c1-3-5-14(8-9-19)16-12-27-18(21-16)22-17(24)20-11-13-6-4-7-15(10-13)23-28(2,25)26/h3-10,16,23H,1,11-12,19H2,2H3,(H2,20,21,22,24)/b9-8-,14-5+. The number of thioether (sulfide) groups is 1. The lowest BCUT2D eigenvalue weighted by Gasteiger charge is -2.09. The molecule has 1 aromatic carbocycles. The molecule has 1 aromatic rings. The van der Waals surface area contributed by atoms with Gasteiger partial charge in [0.2, 0.25) is 10.0 Å². The normalized spacial score (nSPS) is 17.2. The molecule has 28 heavy (non-hydrogen) atoms. The molecule has 0 aliphatic carbocycles. The van der Waals surface area contributed by atoms with Crippen LogP contribution in [0.25, 0.3) is 0 Å². The van der Waals surface area contributed by atoms with E-state index >= 15 is 0 Å². The number of aliphatic imine (C=N–C) groups is 1. The molecule has 1 atom stereocenters. The van der Waals surface area contributed by atoms with E-state index in [9.17, 15) is 13.2 Å². The van der Waals surface area contributed by atoms with Gasteiger partial charge in [-0.25, -0.2) is 13.2 Å². The van der Waals surface area contributed by atoms with Crippen LogP contribution in [-0.2, 0) is 16.6 Å². The molecule has 0 radical (unpaired) electrons. The lowest BCUT2D eigenvalue weighted by atomic mass is 10.1. The Morgan fingerprint density at radius 3 is 2.93 bits per heavy atom. The predicted octanol–water partition coefficient (Wildman–Crippen LogP) is 1.91. The fraction of sp³-hybridized carbons (Fsp3) is 0.222. The molecule has 1 unspecified atom stereocenters. The number of rotatable bonds is 7. The highest BCUT2D eigenvalue weighted by molar-refractivity contribution is 8.14. The number of sulfonamides is 1. The molecule has 0 saturated heterocycles. The van der Waals surface area contributed by atoms with Gasteiger partial charge in [0, 0.05) is 18.0 Å². The summed E-state index contributed by atoms with van der Waals surface area (Å²) in [7, 11) is -3.35. The van der Waals surface area contributed by atoms with E-state index in [0.717, 1.165) is 17.4 Å². The van der Waals surface area contributed by atoms with Gasteiger partial charge in [-0.1, -0.05) is 42.6 Å². The monoisotopic (exact) mass is 421 g/mol. The van der Waals surface area contributed by atoms with Crippen LogP contribution in [0, 0.1) is 0 Å². The first-order valence-electron chi connectivity index (χ1n) is 8.34. The third kappa shape index (κ3) is 7.12. The van der Waals surface area contributed by atoms with Crippen LogP contribution in [-0.4, -0.2) is 37.7 Å². The van der Waals surface area contributed by atoms with Gasteiger partial charge >= 0.3 is 6.03 Å². The third-order valence-corrected chi connectivity index (χ3v) is 5.11. The summed E-state index contributed by atoms with van der Waals surface area (Å²) < 4.78 is 25.0. The predicted molar refractivity (Wildman–Crippen MR) is 116 cm³/mol. The van der Waals surface area contributed by atoms with E-state index in [-0.39, 0.29) is 12.6 Å². The second kappa shape index (κ2) is 10.00. The number of hydrogen-bond acceptors (Lipinski definition) is 6. The Morgan fingerprint density at radius 2 is 2.25 bits per heavy atom. The van der Waals surface area contributed by atoms with Crippen molar-refractivity contribution in [3.05, 3.63) is 66.4 Å². The van der Waals surface area contributed by atoms with E-state index in [1.54, 1.807) is 36.4 Å². The van der Waals surface area contributed by atoms with Gasteiger partial charge in [0.15, 0.2) is 5.17 Å². The molecule has 0 bridgehead atoms. The molecule has 1 heterocycles. The summed E-state index contributed by atoms with van der Waals surface area (Å²) in [6, 6.07) is 6.30. The fourth-order valence-corrected chi connectivity index (χ4v) is 3.92. The van der Waals surface area contributed by atoms with Crippen molar-refractivity contribution in [3.8, 4) is 0 Å².